The molecule has 1 amide bonds. The molecule has 0 aliphatic carbocycles. The number of H-pyrrole nitrogens is 1. The standard InChI is InChI=1S/C13H18N4O2S2/c1-3-20-13-15-11(8-21-13)5-12(18)14-6-9-4-10(7-19-2)17-16-9/h4,8H,3,5-7H2,1-2H3,(H,14,18)(H,16,17). The first kappa shape index (κ1) is 16.0. The van der Waals surface area contributed by atoms with E-state index in [0.29, 0.717) is 19.6 Å². The van der Waals surface area contributed by atoms with Crippen LogP contribution < -0.4 is 5.32 Å². The lowest BCUT2D eigenvalue weighted by molar-refractivity contribution is -0.120. The Morgan fingerprint density at radius 3 is 3.14 bits per heavy atom. The average molecular weight is 326 g/mol. The van der Waals surface area contributed by atoms with Gasteiger partial charge in [0.2, 0.25) is 5.91 Å². The van der Waals surface area contributed by atoms with Crippen LogP contribution in [0.25, 0.3) is 0 Å². The summed E-state index contributed by atoms with van der Waals surface area (Å²) in [5.74, 6) is 0.944. The molecule has 21 heavy (non-hydrogen) atoms. The molecule has 2 N–H and O–H groups in total. The minimum atomic E-state index is -0.0451. The van der Waals surface area contributed by atoms with E-state index in [-0.39, 0.29) is 5.91 Å². The zero-order chi connectivity index (χ0) is 15.1. The number of hydrogen-bond acceptors (Lipinski definition) is 6. The van der Waals surface area contributed by atoms with Crippen LogP contribution in [0.15, 0.2) is 15.8 Å². The van der Waals surface area contributed by atoms with E-state index < -0.39 is 0 Å². The second-order valence-electron chi connectivity index (χ2n) is 4.31. The lowest BCUT2D eigenvalue weighted by Gasteiger charge is -2.01. The Bertz CT molecular complexity index is 582. The van der Waals surface area contributed by atoms with Crippen LogP contribution in [-0.4, -0.2) is 34.0 Å². The highest BCUT2D eigenvalue weighted by Gasteiger charge is 2.08. The number of carbonyl (C=O) groups excluding carboxylic acids is 1. The third-order valence-electron chi connectivity index (χ3n) is 2.59. The first-order valence-corrected chi connectivity index (χ1v) is 8.43. The van der Waals surface area contributed by atoms with Crippen molar-refractivity contribution >= 4 is 29.0 Å². The van der Waals surface area contributed by atoms with Crippen molar-refractivity contribution in [2.75, 3.05) is 12.9 Å². The number of nitrogens with one attached hydrogen (secondary N) is 2. The second-order valence-corrected chi connectivity index (χ2v) is 6.68. The number of aromatic amines is 1. The lowest BCUT2D eigenvalue weighted by Crippen LogP contribution is -2.24. The molecule has 2 heterocycles. The fourth-order valence-electron chi connectivity index (χ4n) is 1.70. The summed E-state index contributed by atoms with van der Waals surface area (Å²) in [6, 6.07) is 1.88. The van der Waals surface area contributed by atoms with Crippen molar-refractivity contribution in [1.82, 2.24) is 20.5 Å². The summed E-state index contributed by atoms with van der Waals surface area (Å²) in [5.41, 5.74) is 2.50. The van der Waals surface area contributed by atoms with Crippen LogP contribution in [0.4, 0.5) is 0 Å². The minimum absolute atomic E-state index is 0.0451. The monoisotopic (exact) mass is 326 g/mol. The third-order valence-corrected chi connectivity index (χ3v) is 4.54. The number of thiazole rings is 1. The minimum Gasteiger partial charge on any atom is -0.378 e. The predicted octanol–water partition coefficient (Wildman–Crippen LogP) is 1.98. The fourth-order valence-corrected chi connectivity index (χ4v) is 3.44. The van der Waals surface area contributed by atoms with E-state index in [0.717, 1.165) is 27.2 Å². The molecule has 2 aromatic rings. The number of carbonyl (C=O) groups is 1. The summed E-state index contributed by atoms with van der Waals surface area (Å²) in [7, 11) is 1.62. The molecule has 0 unspecified atom stereocenters. The van der Waals surface area contributed by atoms with E-state index in [2.05, 4.69) is 27.4 Å². The highest BCUT2D eigenvalue weighted by atomic mass is 32.2. The molecule has 2 aromatic heterocycles. The Morgan fingerprint density at radius 1 is 1.52 bits per heavy atom. The first-order chi connectivity index (χ1) is 10.2. The maximum Gasteiger partial charge on any atom is 0.226 e. The van der Waals surface area contributed by atoms with Crippen molar-refractivity contribution in [1.29, 1.82) is 0 Å². The van der Waals surface area contributed by atoms with Crippen molar-refractivity contribution in [3.63, 3.8) is 0 Å². The molecular formula is C13H18N4O2S2. The summed E-state index contributed by atoms with van der Waals surface area (Å²) >= 11 is 3.27. The molecule has 0 aliphatic rings. The van der Waals surface area contributed by atoms with Crippen molar-refractivity contribution in [3.05, 3.63) is 28.5 Å². The van der Waals surface area contributed by atoms with Crippen molar-refractivity contribution in [3.8, 4) is 0 Å². The number of thioether (sulfide) groups is 1. The number of ether oxygens (including phenoxy) is 1. The van der Waals surface area contributed by atoms with Gasteiger partial charge in [0.15, 0.2) is 0 Å². The zero-order valence-corrected chi connectivity index (χ0v) is 13.6. The Hall–Kier alpha value is -1.38. The van der Waals surface area contributed by atoms with Crippen LogP contribution in [0.2, 0.25) is 0 Å². The van der Waals surface area contributed by atoms with Gasteiger partial charge in [0.05, 0.1) is 36.7 Å². The number of hydrogen-bond donors (Lipinski definition) is 2. The van der Waals surface area contributed by atoms with Crippen LogP contribution in [0, 0.1) is 0 Å². The van der Waals surface area contributed by atoms with E-state index in [4.69, 9.17) is 4.74 Å². The molecule has 0 aromatic carbocycles. The van der Waals surface area contributed by atoms with Crippen molar-refractivity contribution in [2.24, 2.45) is 0 Å². The molecule has 0 atom stereocenters. The lowest BCUT2D eigenvalue weighted by atomic mass is 10.3. The van der Waals surface area contributed by atoms with Crippen LogP contribution in [0.1, 0.15) is 24.0 Å². The van der Waals surface area contributed by atoms with Gasteiger partial charge in [-0.15, -0.1) is 11.3 Å². The summed E-state index contributed by atoms with van der Waals surface area (Å²) in [5, 5.41) is 11.7. The van der Waals surface area contributed by atoms with Crippen molar-refractivity contribution in [2.45, 2.75) is 30.8 Å². The van der Waals surface area contributed by atoms with Gasteiger partial charge in [0.25, 0.3) is 0 Å². The Labute approximate surface area is 131 Å². The van der Waals surface area contributed by atoms with Gasteiger partial charge in [-0.3, -0.25) is 9.89 Å². The maximum atomic E-state index is 11.9. The molecule has 0 fully saturated rings. The molecule has 114 valence electrons. The molecule has 0 radical (unpaired) electrons. The van der Waals surface area contributed by atoms with Crippen molar-refractivity contribution < 1.29 is 9.53 Å². The Kier molecular flexibility index (Phi) is 6.21. The molecule has 8 heteroatoms. The number of nitrogens with zero attached hydrogens (tertiary/aromatic N) is 2. The van der Waals surface area contributed by atoms with Crippen LogP contribution in [-0.2, 0) is 29.1 Å². The van der Waals surface area contributed by atoms with E-state index in [1.54, 1.807) is 30.2 Å². The molecule has 0 saturated heterocycles. The predicted molar refractivity (Wildman–Crippen MR) is 83.4 cm³/mol. The topological polar surface area (TPSA) is 79.9 Å². The molecule has 2 rings (SSSR count). The molecule has 6 nitrogen and oxygen atoms in total. The molecule has 0 bridgehead atoms. The van der Waals surface area contributed by atoms with Crippen LogP contribution in [0.3, 0.4) is 0 Å². The highest BCUT2D eigenvalue weighted by Crippen LogP contribution is 2.22. The quantitative estimate of drug-likeness (QED) is 0.725. The number of methoxy groups -OCH3 is 1. The number of aromatic nitrogens is 3. The second kappa shape index (κ2) is 8.16. The SMILES string of the molecule is CCSc1nc(CC(=O)NCc2cc(COC)n[nH]2)cs1. The molecule has 0 aliphatic heterocycles. The zero-order valence-electron chi connectivity index (χ0n) is 12.0. The first-order valence-electron chi connectivity index (χ1n) is 6.57. The van der Waals surface area contributed by atoms with Gasteiger partial charge in [-0.1, -0.05) is 18.7 Å². The summed E-state index contributed by atoms with van der Waals surface area (Å²) in [6.45, 7) is 2.97. The average Bonchev–Trinajstić information content (AvgIpc) is 3.07. The van der Waals surface area contributed by atoms with E-state index >= 15 is 0 Å². The normalized spacial score (nSPS) is 10.8. The highest BCUT2D eigenvalue weighted by molar-refractivity contribution is 8.00. The number of rotatable bonds is 8. The smallest absolute Gasteiger partial charge is 0.226 e. The Balaban J connectivity index is 1.78. The van der Waals surface area contributed by atoms with Gasteiger partial charge in [0, 0.05) is 12.5 Å². The largest absolute Gasteiger partial charge is 0.378 e. The summed E-state index contributed by atoms with van der Waals surface area (Å²) in [4.78, 5) is 16.3. The van der Waals surface area contributed by atoms with E-state index in [1.807, 2.05) is 11.4 Å². The third kappa shape index (κ3) is 5.14. The van der Waals surface area contributed by atoms with Crippen LogP contribution in [0.5, 0.6) is 0 Å². The molecule has 0 saturated carbocycles. The van der Waals surface area contributed by atoms with Gasteiger partial charge in [-0.05, 0) is 11.8 Å². The van der Waals surface area contributed by atoms with Gasteiger partial charge in [0.1, 0.15) is 4.34 Å². The fraction of sp³-hybridized carbons (Fsp3) is 0.462. The van der Waals surface area contributed by atoms with Gasteiger partial charge in [-0.25, -0.2) is 4.98 Å². The summed E-state index contributed by atoms with van der Waals surface area (Å²) in [6.07, 6.45) is 0.305. The van der Waals surface area contributed by atoms with Gasteiger partial charge in [-0.2, -0.15) is 5.10 Å². The van der Waals surface area contributed by atoms with Crippen LogP contribution >= 0.6 is 23.1 Å². The maximum absolute atomic E-state index is 11.9. The van der Waals surface area contributed by atoms with E-state index in [1.165, 1.54) is 0 Å². The molecule has 0 spiro atoms. The van der Waals surface area contributed by atoms with Gasteiger partial charge < -0.3 is 10.1 Å². The number of amides is 1. The van der Waals surface area contributed by atoms with E-state index in [9.17, 15) is 4.79 Å². The Morgan fingerprint density at radius 2 is 2.38 bits per heavy atom. The van der Waals surface area contributed by atoms with Gasteiger partial charge >= 0.3 is 0 Å². The molecular weight excluding hydrogens is 308 g/mol. The summed E-state index contributed by atoms with van der Waals surface area (Å²) < 4.78 is 6.00.